The Labute approximate surface area is 617 Å². The van der Waals surface area contributed by atoms with E-state index in [4.69, 9.17) is 41.0 Å². The number of carbonyl (C=O) groups excluding carboxylic acids is 12. The highest BCUT2D eigenvalue weighted by Crippen LogP contribution is 2.49. The Morgan fingerprint density at radius 3 is 2.13 bits per heavy atom. The summed E-state index contributed by atoms with van der Waals surface area (Å²) >= 11 is 7.85. The summed E-state index contributed by atoms with van der Waals surface area (Å²) in [6.07, 6.45) is 1.42. The molecule has 35 heteroatoms. The normalized spacial score (nSPS) is 23.2. The number of epoxide rings is 1. The minimum atomic E-state index is -1.95. The van der Waals surface area contributed by atoms with Crippen molar-refractivity contribution >= 4 is 106 Å². The van der Waals surface area contributed by atoms with Crippen LogP contribution in [0.25, 0.3) is 0 Å². The van der Waals surface area contributed by atoms with Gasteiger partial charge in [-0.2, -0.15) is 11.8 Å². The van der Waals surface area contributed by atoms with Crippen molar-refractivity contribution in [3.63, 3.8) is 0 Å². The Bertz CT molecular complexity index is 3630. The molecule has 6 rings (SSSR count). The number of methoxy groups -OCH3 is 2. The number of thioether (sulfide) groups is 1. The fourth-order valence-electron chi connectivity index (χ4n) is 12.1. The van der Waals surface area contributed by atoms with Crippen LogP contribution in [0, 0.1) is 5.92 Å². The standard InChI is InChI=1S/C70H97ClN12O21S/c1-39-16-14-19-52(101-11)70(99)35-51(102-68(98)79-70)40(2)61-69(4,104-61)53(34-59(90)81(6)49-32-43(30-39)33-50(100-10)60(49)71)103-66(96)41(3)80(5)56(87)26-29-105-38-55(86)75-45(18-15-28-74-67(72)97)63(92)77-46(64(93)78-47(65(94)95)31-42-20-22-44(84)23-21-42)17-12-13-27-73-62(91)48(37-83(7,8)9)76-54(85)36-82-57(88)24-25-58(82)89/h14,16,19-25,32-33,40-41,45-48,51-53,61,99H,12-13,15,17-18,26-31,34-38H2,1-11H3,(H10-,72,73,74,75,76,77,78,79,84,85,86,91,92,93,94,95,97,98)/p+1/b19-14+,39-16+/t40-,41+,45+,46+,47+,48+,51+,52-,53+,61+,69+,70+/m1/s1. The van der Waals surface area contributed by atoms with Crippen molar-refractivity contribution in [3.05, 3.63) is 88.5 Å². The number of quaternary nitrogens is 1. The topological polar surface area (TPSA) is 452 Å². The minimum absolute atomic E-state index is 0.0125. The second-order valence-electron chi connectivity index (χ2n) is 27.6. The van der Waals surface area contributed by atoms with E-state index in [1.807, 2.05) is 6.92 Å². The molecule has 2 saturated heterocycles. The molecule has 4 aliphatic rings. The average molecular weight is 1510 g/mol. The lowest BCUT2D eigenvalue weighted by atomic mass is 9.83. The number of nitrogens with zero attached hydrogens (tertiary/aromatic N) is 4. The summed E-state index contributed by atoms with van der Waals surface area (Å²) in [6.45, 7) is 6.06. The second-order valence-corrected chi connectivity index (χ2v) is 29.0. The number of hydrogen-bond acceptors (Lipinski definition) is 21. The molecule has 0 radical (unpaired) electrons. The predicted molar refractivity (Wildman–Crippen MR) is 383 cm³/mol. The number of aliphatic hydroxyl groups is 1. The van der Waals surface area contributed by atoms with Crippen molar-refractivity contribution in [3.8, 4) is 11.5 Å². The van der Waals surface area contributed by atoms with E-state index in [9.17, 15) is 77.6 Å². The number of aliphatic carboxylic acids is 1. The molecule has 12 amide bonds. The number of carbonyl (C=O) groups is 13. The molecular formula is C70H98ClN12O21S+. The van der Waals surface area contributed by atoms with Gasteiger partial charge in [0.1, 0.15) is 77.7 Å². The summed E-state index contributed by atoms with van der Waals surface area (Å²) in [5, 5.41) is 50.1. The molecule has 2 fully saturated rings. The van der Waals surface area contributed by atoms with Gasteiger partial charge in [-0.05, 0) is 94.7 Å². The van der Waals surface area contributed by atoms with Gasteiger partial charge in [0, 0.05) is 77.4 Å². The number of rotatable bonds is 33. The maximum Gasteiger partial charge on any atom is 0.409 e. The molecule has 0 spiro atoms. The van der Waals surface area contributed by atoms with Gasteiger partial charge in [0.25, 0.3) is 11.8 Å². The lowest BCUT2D eigenvalue weighted by molar-refractivity contribution is -0.870. The molecule has 0 saturated carbocycles. The number of alkyl carbamates (subject to hydrolysis) is 1. The van der Waals surface area contributed by atoms with E-state index in [-0.39, 0.29) is 109 Å². The van der Waals surface area contributed by atoms with E-state index < -0.39 is 162 Å². The van der Waals surface area contributed by atoms with E-state index in [1.54, 1.807) is 65.4 Å². The van der Waals surface area contributed by atoms with Gasteiger partial charge in [0.05, 0.1) is 52.2 Å². The Morgan fingerprint density at radius 2 is 1.50 bits per heavy atom. The highest BCUT2D eigenvalue weighted by atomic mass is 35.5. The van der Waals surface area contributed by atoms with Gasteiger partial charge in [-0.25, -0.2) is 19.2 Å². The van der Waals surface area contributed by atoms with Crippen LogP contribution in [-0.4, -0.2) is 260 Å². The number of phenols is 1. The number of urea groups is 1. The summed E-state index contributed by atoms with van der Waals surface area (Å²) in [4.78, 5) is 176. The fraction of sp³-hybridized carbons (Fsp3) is 0.557. The van der Waals surface area contributed by atoms with Crippen molar-refractivity contribution in [1.29, 1.82) is 0 Å². The van der Waals surface area contributed by atoms with Gasteiger partial charge in [-0.3, -0.25) is 53.4 Å². The molecule has 0 unspecified atom stereocenters. The van der Waals surface area contributed by atoms with Crippen LogP contribution < -0.4 is 52.6 Å². The number of likely N-dealkylation sites (N-methyl/N-ethyl adjacent to an activating group) is 2. The molecule has 12 N–H and O–H groups in total. The van der Waals surface area contributed by atoms with E-state index in [2.05, 4.69) is 37.2 Å². The van der Waals surface area contributed by atoms with E-state index in [0.29, 0.717) is 17.5 Å². The molecule has 576 valence electrons. The lowest BCUT2D eigenvalue weighted by Crippen LogP contribution is -2.63. The molecule has 4 heterocycles. The van der Waals surface area contributed by atoms with Crippen LogP contribution in [0.1, 0.15) is 90.2 Å². The number of nitrogens with two attached hydrogens (primary N) is 1. The molecule has 0 aromatic heterocycles. The number of anilines is 1. The molecule has 4 aliphatic heterocycles. The van der Waals surface area contributed by atoms with Gasteiger partial charge in [-0.1, -0.05) is 54.5 Å². The highest BCUT2D eigenvalue weighted by molar-refractivity contribution is 7.99. The SMILES string of the molecule is COc1cc2cc(c1Cl)N(C)C(=O)C[C@H](OC(=O)[C@H](C)N(C)C(=O)CCSCC(=O)N[C@@H](CCCNC(N)=O)C(=O)N[C@@H](CCCCNC(=O)[C@H](C[N+](C)(C)C)NC(=O)CN1C(=O)C=CC1=O)C(=O)N[C@@H](Cc1ccc(O)cc1)C(=O)O)[C@]1(C)O[C@H]1[C@H](C)[C@@H]1C[C@@](O)(NC(=O)O1)[C@H](OC)/C=C/C=C(\C)C2. The van der Waals surface area contributed by atoms with Crippen molar-refractivity contribution in [1.82, 2.24) is 47.0 Å². The van der Waals surface area contributed by atoms with Crippen LogP contribution in [0.15, 0.2) is 72.4 Å². The Morgan fingerprint density at radius 1 is 0.876 bits per heavy atom. The number of allylic oxidation sites excluding steroid dienone is 3. The second kappa shape index (κ2) is 38.1. The largest absolute Gasteiger partial charge is 0.508 e. The van der Waals surface area contributed by atoms with Crippen LogP contribution in [-0.2, 0) is 84.5 Å². The van der Waals surface area contributed by atoms with Crippen LogP contribution in [0.2, 0.25) is 5.02 Å². The number of nitrogens with one attached hydrogen (secondary N) is 7. The summed E-state index contributed by atoms with van der Waals surface area (Å²) < 4.78 is 29.7. The first-order chi connectivity index (χ1) is 49.4. The van der Waals surface area contributed by atoms with Crippen LogP contribution >= 0.6 is 23.4 Å². The first-order valence-corrected chi connectivity index (χ1v) is 35.7. The Balaban J connectivity index is 1.12. The van der Waals surface area contributed by atoms with Crippen molar-refractivity contribution in [2.75, 3.05) is 92.0 Å². The summed E-state index contributed by atoms with van der Waals surface area (Å²) in [7, 11) is 11.0. The molecule has 4 bridgehead atoms. The molecule has 12 atom stereocenters. The van der Waals surface area contributed by atoms with E-state index in [1.165, 1.54) is 64.4 Å². The van der Waals surface area contributed by atoms with E-state index >= 15 is 0 Å². The number of imide groups is 1. The number of aromatic hydroxyl groups is 1. The number of carboxylic acid groups (broad SMARTS) is 1. The molecule has 33 nitrogen and oxygen atoms in total. The summed E-state index contributed by atoms with van der Waals surface area (Å²) in [5.41, 5.74) is 4.22. The van der Waals surface area contributed by atoms with Gasteiger partial charge >= 0.3 is 24.1 Å². The first-order valence-electron chi connectivity index (χ1n) is 34.1. The van der Waals surface area contributed by atoms with Gasteiger partial charge in [0.2, 0.25) is 41.4 Å². The Hall–Kier alpha value is -9.35. The van der Waals surface area contributed by atoms with Gasteiger partial charge in [-0.15, -0.1) is 0 Å². The Kier molecular flexibility index (Phi) is 30.7. The van der Waals surface area contributed by atoms with Crippen molar-refractivity contribution in [2.45, 2.75) is 158 Å². The van der Waals surface area contributed by atoms with Gasteiger partial charge in [0.15, 0.2) is 11.8 Å². The molecule has 0 aliphatic carbocycles. The molecule has 105 heavy (non-hydrogen) atoms. The third kappa shape index (κ3) is 24.6. The minimum Gasteiger partial charge on any atom is -0.508 e. The molecule has 2 aromatic rings. The van der Waals surface area contributed by atoms with Gasteiger partial charge < -0.3 is 90.9 Å². The summed E-state index contributed by atoms with van der Waals surface area (Å²) in [6, 6.07) is 1.44. The summed E-state index contributed by atoms with van der Waals surface area (Å²) in [5.74, 6) is -9.50. The number of benzene rings is 2. The lowest BCUT2D eigenvalue weighted by Gasteiger charge is -2.42. The van der Waals surface area contributed by atoms with Crippen molar-refractivity contribution in [2.24, 2.45) is 11.7 Å². The number of ether oxygens (including phenoxy) is 5. The third-order valence-corrected chi connectivity index (χ3v) is 19.6. The molecular weight excluding hydrogens is 1410 g/mol. The maximum absolute atomic E-state index is 14.5. The third-order valence-electron chi connectivity index (χ3n) is 18.3. The zero-order chi connectivity index (χ0) is 77.8. The zero-order valence-corrected chi connectivity index (χ0v) is 62.4. The number of phenolic OH excluding ortho intramolecular Hbond substituents is 1. The molecule has 2 aromatic carbocycles. The van der Waals surface area contributed by atoms with Crippen LogP contribution in [0.4, 0.5) is 15.3 Å². The number of carboxylic acids is 1. The predicted octanol–water partition coefficient (Wildman–Crippen LogP) is 0.976. The number of primary amides is 1. The first kappa shape index (κ1) is 84.6. The number of esters is 1. The smallest absolute Gasteiger partial charge is 0.409 e. The number of hydrogen-bond donors (Lipinski definition) is 11. The number of unbranched alkanes of at least 4 members (excludes halogenated alkanes) is 1. The number of fused-ring (bicyclic) bond motifs is 5. The fourth-order valence-corrected chi connectivity index (χ4v) is 13.2. The average Bonchev–Trinajstić information content (AvgIpc) is 1.57. The van der Waals surface area contributed by atoms with Crippen LogP contribution in [0.3, 0.4) is 0 Å². The van der Waals surface area contributed by atoms with E-state index in [0.717, 1.165) is 39.3 Å². The monoisotopic (exact) mass is 1510 g/mol. The van der Waals surface area contributed by atoms with Crippen LogP contribution in [0.5, 0.6) is 11.5 Å². The number of amides is 12. The number of halogens is 1. The maximum atomic E-state index is 14.5. The quantitative estimate of drug-likeness (QED) is 0.0156. The van der Waals surface area contributed by atoms with Crippen molar-refractivity contribution < 1.29 is 106 Å². The zero-order valence-electron chi connectivity index (χ0n) is 60.8. The highest BCUT2D eigenvalue weighted by Gasteiger charge is 2.64.